The van der Waals surface area contributed by atoms with E-state index in [1.165, 1.54) is 0 Å². The number of likely N-dealkylation sites (N-methyl/N-ethyl adjacent to an activating group) is 1. The summed E-state index contributed by atoms with van der Waals surface area (Å²) in [6, 6.07) is 13.5. The molecule has 3 N–H and O–H groups in total. The van der Waals surface area contributed by atoms with Gasteiger partial charge >= 0.3 is 0 Å². The van der Waals surface area contributed by atoms with Crippen LogP contribution in [0.1, 0.15) is 16.7 Å². The molecule has 154 valence electrons. The quantitative estimate of drug-likeness (QED) is 0.535. The van der Waals surface area contributed by atoms with Gasteiger partial charge in [0.2, 0.25) is 5.91 Å². The lowest BCUT2D eigenvalue weighted by Gasteiger charge is -2.15. The normalized spacial score (nSPS) is 11.4. The molecule has 0 aliphatic heterocycles. The topological polar surface area (TPSA) is 71.9 Å². The minimum Gasteiger partial charge on any atom is -0.490 e. The summed E-state index contributed by atoms with van der Waals surface area (Å²) >= 11 is 0. The maximum absolute atomic E-state index is 12.2. The Hall–Kier alpha value is -3.12. The molecule has 0 radical (unpaired) electrons. The molecule has 2 aromatic rings. The molecule has 2 rings (SSSR count). The molecular weight excluding hydrogens is 366 g/mol. The number of hydrogen-bond donors (Lipinski definition) is 3. The van der Waals surface area contributed by atoms with Gasteiger partial charge in [0.05, 0.1) is 13.6 Å². The van der Waals surface area contributed by atoms with Crippen molar-refractivity contribution < 1.29 is 19.2 Å². The van der Waals surface area contributed by atoms with Crippen molar-refractivity contribution in [2.24, 2.45) is 0 Å². The number of rotatable bonds is 10. The third-order valence-corrected chi connectivity index (χ3v) is 4.58. The van der Waals surface area contributed by atoms with Crippen LogP contribution in [0.5, 0.6) is 5.75 Å². The molecule has 0 saturated heterocycles. The fourth-order valence-corrected chi connectivity index (χ4v) is 2.87. The molecule has 0 bridgehead atoms. The van der Waals surface area contributed by atoms with Gasteiger partial charge < -0.3 is 20.3 Å². The predicted octanol–water partition coefficient (Wildman–Crippen LogP) is 1.64. The molecule has 2 amide bonds. The molecule has 6 nitrogen and oxygen atoms in total. The van der Waals surface area contributed by atoms with E-state index in [0.717, 1.165) is 33.0 Å². The highest BCUT2D eigenvalue weighted by atomic mass is 16.5. The van der Waals surface area contributed by atoms with E-state index in [1.54, 1.807) is 6.08 Å². The lowest BCUT2D eigenvalue weighted by Crippen LogP contribution is -3.08. The van der Waals surface area contributed by atoms with Crippen molar-refractivity contribution in [2.45, 2.75) is 20.4 Å². The fourth-order valence-electron chi connectivity index (χ4n) is 2.87. The summed E-state index contributed by atoms with van der Waals surface area (Å²) in [5.74, 6) is 0.392. The summed E-state index contributed by atoms with van der Waals surface area (Å²) in [7, 11) is 1.94. The lowest BCUT2D eigenvalue weighted by molar-refractivity contribution is -0.885. The van der Waals surface area contributed by atoms with Crippen LogP contribution in [0.4, 0.5) is 5.69 Å². The number of carbonyl (C=O) groups is 2. The maximum atomic E-state index is 12.2. The summed E-state index contributed by atoms with van der Waals surface area (Å²) in [4.78, 5) is 25.3. The van der Waals surface area contributed by atoms with Gasteiger partial charge in [-0.3, -0.25) is 9.59 Å². The molecule has 0 heterocycles. The minimum atomic E-state index is -0.236. The van der Waals surface area contributed by atoms with Crippen LogP contribution in [0.15, 0.2) is 55.1 Å². The van der Waals surface area contributed by atoms with Crippen LogP contribution in [-0.4, -0.2) is 38.6 Å². The minimum absolute atomic E-state index is 0.0468. The van der Waals surface area contributed by atoms with Gasteiger partial charge in [-0.05, 0) is 55.3 Å². The second-order valence-corrected chi connectivity index (χ2v) is 7.13. The van der Waals surface area contributed by atoms with E-state index in [2.05, 4.69) is 17.2 Å². The molecule has 0 spiro atoms. The van der Waals surface area contributed by atoms with Gasteiger partial charge in [0.25, 0.3) is 5.91 Å². The summed E-state index contributed by atoms with van der Waals surface area (Å²) in [6.45, 7) is 8.98. The van der Waals surface area contributed by atoms with Gasteiger partial charge in [-0.25, -0.2) is 0 Å². The van der Waals surface area contributed by atoms with E-state index >= 15 is 0 Å². The standard InChI is InChI=1S/C23H29N3O3/c1-5-13-29-20-11-9-19(10-12-20)15-26(4)16-23(28)24-14-22(27)25-21-8-6-7-17(2)18(21)3/h5-12H,1,13-16H2,2-4H3,(H,24,28)(H,25,27)/p+1. The molecule has 6 heteroatoms. The number of aryl methyl sites for hydroxylation is 1. The van der Waals surface area contributed by atoms with E-state index in [4.69, 9.17) is 4.74 Å². The maximum Gasteiger partial charge on any atom is 0.275 e. The first-order valence-electron chi connectivity index (χ1n) is 9.65. The van der Waals surface area contributed by atoms with Crippen LogP contribution in [-0.2, 0) is 16.1 Å². The third kappa shape index (κ3) is 7.43. The molecule has 0 aromatic heterocycles. The Morgan fingerprint density at radius 1 is 1.10 bits per heavy atom. The van der Waals surface area contributed by atoms with Gasteiger partial charge in [-0.2, -0.15) is 0 Å². The van der Waals surface area contributed by atoms with E-state index in [-0.39, 0.29) is 24.9 Å². The number of hydrogen-bond acceptors (Lipinski definition) is 3. The number of amides is 2. The smallest absolute Gasteiger partial charge is 0.275 e. The van der Waals surface area contributed by atoms with E-state index in [0.29, 0.717) is 13.2 Å². The summed E-state index contributed by atoms with van der Waals surface area (Å²) in [5, 5.41) is 5.53. The largest absolute Gasteiger partial charge is 0.490 e. The van der Waals surface area contributed by atoms with Crippen LogP contribution in [0.25, 0.3) is 0 Å². The average Bonchev–Trinajstić information content (AvgIpc) is 2.69. The first kappa shape index (κ1) is 22.2. The Morgan fingerprint density at radius 2 is 1.83 bits per heavy atom. The molecule has 0 saturated carbocycles. The fraction of sp³-hybridized carbons (Fsp3) is 0.304. The third-order valence-electron chi connectivity index (χ3n) is 4.58. The highest BCUT2D eigenvalue weighted by Crippen LogP contribution is 2.17. The summed E-state index contributed by atoms with van der Waals surface area (Å²) < 4.78 is 5.46. The van der Waals surface area contributed by atoms with Gasteiger partial charge in [0.1, 0.15) is 18.9 Å². The summed E-state index contributed by atoms with van der Waals surface area (Å²) in [5.41, 5.74) is 4.01. The van der Waals surface area contributed by atoms with E-state index in [1.807, 2.05) is 63.4 Å². The predicted molar refractivity (Wildman–Crippen MR) is 115 cm³/mol. The Bertz CT molecular complexity index is 847. The summed E-state index contributed by atoms with van der Waals surface area (Å²) in [6.07, 6.45) is 1.70. The highest BCUT2D eigenvalue weighted by molar-refractivity contribution is 5.95. The number of quaternary nitrogens is 1. The van der Waals surface area contributed by atoms with Crippen LogP contribution in [0, 0.1) is 13.8 Å². The van der Waals surface area contributed by atoms with Crippen LogP contribution in [0.3, 0.4) is 0 Å². The van der Waals surface area contributed by atoms with Gasteiger partial charge in [0, 0.05) is 11.3 Å². The Balaban J connectivity index is 1.74. The van der Waals surface area contributed by atoms with Crippen molar-refractivity contribution in [1.29, 1.82) is 0 Å². The molecule has 29 heavy (non-hydrogen) atoms. The van der Waals surface area contributed by atoms with E-state index in [9.17, 15) is 9.59 Å². The molecule has 0 fully saturated rings. The van der Waals surface area contributed by atoms with Gasteiger partial charge in [-0.15, -0.1) is 0 Å². The second kappa shape index (κ2) is 11.0. The zero-order chi connectivity index (χ0) is 21.2. The number of carbonyl (C=O) groups excluding carboxylic acids is 2. The van der Waals surface area contributed by atoms with Crippen LogP contribution >= 0.6 is 0 Å². The zero-order valence-corrected chi connectivity index (χ0v) is 17.4. The number of nitrogens with one attached hydrogen (secondary N) is 3. The van der Waals surface area contributed by atoms with Crippen molar-refractivity contribution in [3.8, 4) is 5.75 Å². The molecule has 0 aliphatic carbocycles. The Kier molecular flexibility index (Phi) is 8.43. The van der Waals surface area contributed by atoms with Crippen LogP contribution < -0.4 is 20.3 Å². The SMILES string of the molecule is C=CCOc1ccc(C[NH+](C)CC(=O)NCC(=O)Nc2cccc(C)c2C)cc1. The van der Waals surface area contributed by atoms with Crippen molar-refractivity contribution in [2.75, 3.05) is 32.1 Å². The first-order chi connectivity index (χ1) is 13.9. The Labute approximate surface area is 172 Å². The molecule has 0 aliphatic rings. The highest BCUT2D eigenvalue weighted by Gasteiger charge is 2.13. The zero-order valence-electron chi connectivity index (χ0n) is 17.4. The van der Waals surface area contributed by atoms with Gasteiger partial charge in [0.15, 0.2) is 6.54 Å². The monoisotopic (exact) mass is 396 g/mol. The second-order valence-electron chi connectivity index (χ2n) is 7.13. The molecule has 1 unspecified atom stereocenters. The first-order valence-corrected chi connectivity index (χ1v) is 9.65. The molecule has 2 aromatic carbocycles. The van der Waals surface area contributed by atoms with Gasteiger partial charge in [-0.1, -0.05) is 24.8 Å². The number of ether oxygens (including phenoxy) is 1. The van der Waals surface area contributed by atoms with Crippen molar-refractivity contribution in [1.82, 2.24) is 5.32 Å². The number of anilines is 1. The van der Waals surface area contributed by atoms with Crippen LogP contribution in [0.2, 0.25) is 0 Å². The van der Waals surface area contributed by atoms with Crippen molar-refractivity contribution in [3.63, 3.8) is 0 Å². The molecular formula is C23H30N3O3+. The Morgan fingerprint density at radius 3 is 2.52 bits per heavy atom. The van der Waals surface area contributed by atoms with E-state index < -0.39 is 0 Å². The molecule has 1 atom stereocenters. The van der Waals surface area contributed by atoms with Crippen molar-refractivity contribution >= 4 is 17.5 Å². The average molecular weight is 397 g/mol. The number of benzene rings is 2. The van der Waals surface area contributed by atoms with Crippen molar-refractivity contribution in [3.05, 3.63) is 71.8 Å². The lowest BCUT2D eigenvalue weighted by atomic mass is 10.1.